The smallest absolute Gasteiger partial charge is 0.251 e. The van der Waals surface area contributed by atoms with Gasteiger partial charge >= 0.3 is 0 Å². The van der Waals surface area contributed by atoms with E-state index >= 15 is 0 Å². The normalized spacial score (nSPS) is 15.7. The molecule has 25 heavy (non-hydrogen) atoms. The Morgan fingerprint density at radius 3 is 2.96 bits per heavy atom. The van der Waals surface area contributed by atoms with Crippen molar-refractivity contribution < 1.29 is 4.79 Å². The topological polar surface area (TPSA) is 32.3 Å². The molecule has 1 aliphatic rings. The first-order valence-electron chi connectivity index (χ1n) is 8.77. The number of thiophene rings is 1. The van der Waals surface area contributed by atoms with Crippen molar-refractivity contribution in [2.45, 2.75) is 25.9 Å². The molecule has 0 spiro atoms. The van der Waals surface area contributed by atoms with Gasteiger partial charge in [-0.1, -0.05) is 36.4 Å². The maximum atomic E-state index is 12.7. The predicted molar refractivity (Wildman–Crippen MR) is 104 cm³/mol. The third kappa shape index (κ3) is 3.32. The molecule has 128 valence electrons. The van der Waals surface area contributed by atoms with Crippen LogP contribution < -0.4 is 5.32 Å². The van der Waals surface area contributed by atoms with E-state index in [1.165, 1.54) is 10.4 Å². The summed E-state index contributed by atoms with van der Waals surface area (Å²) in [6, 6.07) is 16.5. The minimum absolute atomic E-state index is 0.0110. The molecule has 3 aromatic rings. The molecule has 4 rings (SSSR count). The van der Waals surface area contributed by atoms with Gasteiger partial charge in [0, 0.05) is 36.1 Å². The summed E-state index contributed by atoms with van der Waals surface area (Å²) in [5, 5.41) is 7.42. The van der Waals surface area contributed by atoms with E-state index in [2.05, 4.69) is 28.6 Å². The lowest BCUT2D eigenvalue weighted by Gasteiger charge is -2.32. The zero-order valence-electron chi connectivity index (χ0n) is 14.4. The molecule has 0 saturated heterocycles. The first-order chi connectivity index (χ1) is 12.2. The summed E-state index contributed by atoms with van der Waals surface area (Å²) < 4.78 is 0. The summed E-state index contributed by atoms with van der Waals surface area (Å²) in [4.78, 5) is 16.6. The number of carbonyl (C=O) groups excluding carboxylic acids is 1. The molecule has 2 heterocycles. The Morgan fingerprint density at radius 2 is 2.04 bits per heavy atom. The van der Waals surface area contributed by atoms with E-state index in [0.29, 0.717) is 12.6 Å². The van der Waals surface area contributed by atoms with Crippen LogP contribution in [0, 0.1) is 0 Å². The van der Waals surface area contributed by atoms with E-state index in [9.17, 15) is 4.79 Å². The van der Waals surface area contributed by atoms with Gasteiger partial charge in [-0.25, -0.2) is 0 Å². The molecule has 0 bridgehead atoms. The molecule has 4 heteroatoms. The standard InChI is InChI=1S/C21H22N2OS/c1-15(23-11-9-20-17(14-23)10-12-25-20)13-22-21(24)19-8-4-6-16-5-2-3-7-18(16)19/h2-8,10,12,15H,9,11,13-14H2,1H3,(H,22,24). The minimum Gasteiger partial charge on any atom is -0.350 e. The number of rotatable bonds is 4. The van der Waals surface area contributed by atoms with Crippen LogP contribution >= 0.6 is 11.3 Å². The van der Waals surface area contributed by atoms with Gasteiger partial charge in [-0.3, -0.25) is 9.69 Å². The second-order valence-corrected chi connectivity index (χ2v) is 7.68. The number of carbonyl (C=O) groups is 1. The van der Waals surface area contributed by atoms with Crippen LogP contribution in [-0.4, -0.2) is 29.9 Å². The van der Waals surface area contributed by atoms with Gasteiger partial charge in [0.25, 0.3) is 5.91 Å². The summed E-state index contributed by atoms with van der Waals surface area (Å²) in [5.41, 5.74) is 2.20. The fraction of sp³-hybridized carbons (Fsp3) is 0.286. The zero-order valence-corrected chi connectivity index (χ0v) is 15.2. The molecular weight excluding hydrogens is 328 g/mol. The van der Waals surface area contributed by atoms with Crippen molar-refractivity contribution in [3.63, 3.8) is 0 Å². The Labute approximate surface area is 152 Å². The van der Waals surface area contributed by atoms with Gasteiger partial charge in [-0.05, 0) is 47.2 Å². The van der Waals surface area contributed by atoms with Crippen molar-refractivity contribution in [1.29, 1.82) is 0 Å². The summed E-state index contributed by atoms with van der Waals surface area (Å²) in [6.45, 7) is 4.92. The highest BCUT2D eigenvalue weighted by molar-refractivity contribution is 7.10. The Hall–Kier alpha value is -2.17. The molecule has 1 unspecified atom stereocenters. The third-order valence-corrected chi connectivity index (χ3v) is 6.08. The second kappa shape index (κ2) is 6.98. The average Bonchev–Trinajstić information content (AvgIpc) is 3.13. The summed E-state index contributed by atoms with van der Waals surface area (Å²) >= 11 is 1.86. The van der Waals surface area contributed by atoms with Crippen molar-refractivity contribution in [3.8, 4) is 0 Å². The van der Waals surface area contributed by atoms with Crippen LogP contribution in [0.2, 0.25) is 0 Å². The maximum absolute atomic E-state index is 12.7. The van der Waals surface area contributed by atoms with Crippen LogP contribution in [0.1, 0.15) is 27.7 Å². The van der Waals surface area contributed by atoms with Crippen molar-refractivity contribution in [3.05, 3.63) is 69.9 Å². The molecule has 1 aromatic heterocycles. The van der Waals surface area contributed by atoms with Gasteiger partial charge in [0.15, 0.2) is 0 Å². The number of nitrogens with zero attached hydrogens (tertiary/aromatic N) is 1. The fourth-order valence-corrected chi connectivity index (χ4v) is 4.42. The molecule has 0 fully saturated rings. The highest BCUT2D eigenvalue weighted by Crippen LogP contribution is 2.25. The van der Waals surface area contributed by atoms with Gasteiger partial charge in [-0.2, -0.15) is 0 Å². The number of hydrogen-bond acceptors (Lipinski definition) is 3. The van der Waals surface area contributed by atoms with Crippen LogP contribution in [0.25, 0.3) is 10.8 Å². The van der Waals surface area contributed by atoms with Gasteiger partial charge in [0.1, 0.15) is 0 Å². The van der Waals surface area contributed by atoms with Crippen LogP contribution in [0.3, 0.4) is 0 Å². The number of amides is 1. The monoisotopic (exact) mass is 350 g/mol. The lowest BCUT2D eigenvalue weighted by Crippen LogP contribution is -2.44. The molecule has 3 nitrogen and oxygen atoms in total. The van der Waals surface area contributed by atoms with Crippen molar-refractivity contribution in [2.75, 3.05) is 13.1 Å². The fourth-order valence-electron chi connectivity index (χ4n) is 3.53. The van der Waals surface area contributed by atoms with Gasteiger partial charge in [0.05, 0.1) is 0 Å². The second-order valence-electron chi connectivity index (χ2n) is 6.68. The average molecular weight is 350 g/mol. The largest absolute Gasteiger partial charge is 0.350 e. The number of nitrogens with one attached hydrogen (secondary N) is 1. The summed E-state index contributed by atoms with van der Waals surface area (Å²) in [6.07, 6.45) is 1.12. The number of benzene rings is 2. The van der Waals surface area contributed by atoms with E-state index in [4.69, 9.17) is 0 Å². The Morgan fingerprint density at radius 1 is 1.20 bits per heavy atom. The SMILES string of the molecule is CC(CNC(=O)c1cccc2ccccc12)N1CCc2sccc2C1. The first kappa shape index (κ1) is 16.3. The first-order valence-corrected chi connectivity index (χ1v) is 9.65. The van der Waals surface area contributed by atoms with Crippen LogP contribution in [-0.2, 0) is 13.0 Å². The molecule has 2 aromatic carbocycles. The molecule has 0 saturated carbocycles. The highest BCUT2D eigenvalue weighted by Gasteiger charge is 2.22. The molecule has 1 amide bonds. The van der Waals surface area contributed by atoms with E-state index in [1.807, 2.05) is 53.8 Å². The van der Waals surface area contributed by atoms with Crippen molar-refractivity contribution >= 4 is 28.0 Å². The molecule has 1 atom stereocenters. The van der Waals surface area contributed by atoms with Gasteiger partial charge < -0.3 is 5.32 Å². The number of hydrogen-bond donors (Lipinski definition) is 1. The molecular formula is C21H22N2OS. The molecule has 1 N–H and O–H groups in total. The minimum atomic E-state index is 0.0110. The Kier molecular flexibility index (Phi) is 4.55. The van der Waals surface area contributed by atoms with Crippen molar-refractivity contribution in [2.24, 2.45) is 0 Å². The van der Waals surface area contributed by atoms with Crippen LogP contribution in [0.5, 0.6) is 0 Å². The summed E-state index contributed by atoms with van der Waals surface area (Å²) in [7, 11) is 0. The number of fused-ring (bicyclic) bond motifs is 2. The molecule has 0 aliphatic carbocycles. The lowest BCUT2D eigenvalue weighted by atomic mass is 10.0. The van der Waals surface area contributed by atoms with Gasteiger partial charge in [0.2, 0.25) is 0 Å². The third-order valence-electron chi connectivity index (χ3n) is 5.05. The maximum Gasteiger partial charge on any atom is 0.251 e. The highest BCUT2D eigenvalue weighted by atomic mass is 32.1. The quantitative estimate of drug-likeness (QED) is 0.769. The van der Waals surface area contributed by atoms with Crippen molar-refractivity contribution in [1.82, 2.24) is 10.2 Å². The van der Waals surface area contributed by atoms with E-state index in [-0.39, 0.29) is 5.91 Å². The van der Waals surface area contributed by atoms with E-state index < -0.39 is 0 Å². The summed E-state index contributed by atoms with van der Waals surface area (Å²) in [5.74, 6) is 0.0110. The molecule has 0 radical (unpaired) electrons. The van der Waals surface area contributed by atoms with Crippen LogP contribution in [0.15, 0.2) is 53.9 Å². The van der Waals surface area contributed by atoms with Gasteiger partial charge in [-0.15, -0.1) is 11.3 Å². The Balaban J connectivity index is 1.42. The van der Waals surface area contributed by atoms with Crippen LogP contribution in [0.4, 0.5) is 0 Å². The Bertz CT molecular complexity index is 896. The predicted octanol–water partition coefficient (Wildman–Crippen LogP) is 4.08. The lowest BCUT2D eigenvalue weighted by molar-refractivity contribution is 0.0934. The van der Waals surface area contributed by atoms with E-state index in [0.717, 1.165) is 35.8 Å². The van der Waals surface area contributed by atoms with E-state index in [1.54, 1.807) is 0 Å². The molecule has 1 aliphatic heterocycles. The zero-order chi connectivity index (χ0) is 17.2.